The largest absolute Gasteiger partial charge is 0.462 e. The number of ether oxygens (including phenoxy) is 2. The Morgan fingerprint density at radius 2 is 1.50 bits per heavy atom. The normalized spacial score (nSPS) is 18.7. The number of carbonyl (C=O) groups excluding carboxylic acids is 2. The van der Waals surface area contributed by atoms with Crippen LogP contribution in [-0.4, -0.2) is 18.5 Å². The van der Waals surface area contributed by atoms with Crippen molar-refractivity contribution in [2.75, 3.05) is 6.61 Å². The molecule has 2 N–H and O–H groups in total. The minimum atomic E-state index is -0.481. The number of esters is 1. The third-order valence-corrected chi connectivity index (χ3v) is 4.17. The molecule has 3 rings (SSSR count). The Morgan fingerprint density at radius 3 is 1.96 bits per heavy atom. The van der Waals surface area contributed by atoms with Gasteiger partial charge in [-0.05, 0) is 66.8 Å². The molecular weight excluding hydrogens is 306 g/mol. The minimum Gasteiger partial charge on any atom is -0.462 e. The van der Waals surface area contributed by atoms with Crippen molar-refractivity contribution < 1.29 is 19.1 Å². The third kappa shape index (κ3) is 3.93. The molecule has 0 spiro atoms. The lowest BCUT2D eigenvalue weighted by atomic mass is 10.2. The number of amides is 1. The summed E-state index contributed by atoms with van der Waals surface area (Å²) in [6, 6.07) is 13.3. The van der Waals surface area contributed by atoms with E-state index in [1.807, 2.05) is 0 Å². The average Bonchev–Trinajstić information content (AvgIpc) is 3.29. The van der Waals surface area contributed by atoms with Crippen LogP contribution in [0.25, 0.3) is 0 Å². The molecule has 0 aliphatic heterocycles. The van der Waals surface area contributed by atoms with Gasteiger partial charge in [0.05, 0.1) is 12.2 Å². The topological polar surface area (TPSA) is 78.6 Å². The van der Waals surface area contributed by atoms with Gasteiger partial charge in [-0.2, -0.15) is 0 Å². The Morgan fingerprint density at radius 1 is 1.00 bits per heavy atom. The monoisotopic (exact) mass is 325 g/mol. The first-order chi connectivity index (χ1) is 11.5. The van der Waals surface area contributed by atoms with Gasteiger partial charge in [0.1, 0.15) is 11.5 Å². The maximum absolute atomic E-state index is 11.9. The van der Waals surface area contributed by atoms with E-state index in [1.165, 1.54) is 0 Å². The molecule has 0 bridgehead atoms. The van der Waals surface area contributed by atoms with E-state index in [9.17, 15) is 9.59 Å². The van der Waals surface area contributed by atoms with Crippen molar-refractivity contribution in [3.05, 3.63) is 59.7 Å². The van der Waals surface area contributed by atoms with E-state index in [0.717, 1.165) is 6.42 Å². The summed E-state index contributed by atoms with van der Waals surface area (Å²) < 4.78 is 11.0. The smallest absolute Gasteiger partial charge is 0.338 e. The molecule has 0 heterocycles. The summed E-state index contributed by atoms with van der Waals surface area (Å²) in [6.07, 6.45) is 1.13. The van der Waals surface area contributed by atoms with Crippen molar-refractivity contribution in [2.45, 2.75) is 13.3 Å². The predicted octanol–water partition coefficient (Wildman–Crippen LogP) is 3.39. The highest BCUT2D eigenvalue weighted by atomic mass is 16.5. The lowest BCUT2D eigenvalue weighted by Gasteiger charge is -2.07. The number of benzene rings is 2. The first-order valence-electron chi connectivity index (χ1n) is 7.88. The van der Waals surface area contributed by atoms with Gasteiger partial charge in [0.15, 0.2) is 0 Å². The molecule has 0 radical (unpaired) electrons. The van der Waals surface area contributed by atoms with Crippen molar-refractivity contribution in [3.8, 4) is 11.5 Å². The van der Waals surface area contributed by atoms with E-state index in [-0.39, 0.29) is 5.97 Å². The number of primary amides is 1. The highest BCUT2D eigenvalue weighted by Crippen LogP contribution is 2.37. The lowest BCUT2D eigenvalue weighted by Crippen LogP contribution is -2.10. The van der Waals surface area contributed by atoms with Gasteiger partial charge in [-0.25, -0.2) is 4.79 Å². The molecular formula is C19H19NO4. The van der Waals surface area contributed by atoms with E-state index in [4.69, 9.17) is 15.2 Å². The molecule has 5 heteroatoms. The summed E-state index contributed by atoms with van der Waals surface area (Å²) in [6.45, 7) is 2.64. The second kappa shape index (κ2) is 6.74. The van der Waals surface area contributed by atoms with Crippen LogP contribution in [0.3, 0.4) is 0 Å². The van der Waals surface area contributed by atoms with Crippen LogP contribution in [0.4, 0.5) is 0 Å². The van der Waals surface area contributed by atoms with Crippen LogP contribution in [0.1, 0.15) is 34.1 Å². The van der Waals surface area contributed by atoms with Gasteiger partial charge in [0, 0.05) is 5.56 Å². The fraction of sp³-hybridized carbons (Fsp3) is 0.263. The zero-order valence-corrected chi connectivity index (χ0v) is 13.4. The van der Waals surface area contributed by atoms with E-state index in [1.54, 1.807) is 48.5 Å². The summed E-state index contributed by atoms with van der Waals surface area (Å²) in [5.41, 5.74) is 6.11. The molecule has 1 aliphatic rings. The Labute approximate surface area is 140 Å². The number of carbonyl (C=O) groups is 2. The SMILES string of the molecule is CC1CC1COC(=O)c1ccc(Oc2ccc(C(N)=O)cc2)cc1. The van der Waals surface area contributed by atoms with Gasteiger partial charge >= 0.3 is 5.97 Å². The summed E-state index contributed by atoms with van der Waals surface area (Å²) in [7, 11) is 0. The highest BCUT2D eigenvalue weighted by molar-refractivity contribution is 5.92. The third-order valence-electron chi connectivity index (χ3n) is 4.17. The molecule has 1 aliphatic carbocycles. The highest BCUT2D eigenvalue weighted by Gasteiger charge is 2.33. The van der Waals surface area contributed by atoms with Crippen LogP contribution < -0.4 is 10.5 Å². The molecule has 24 heavy (non-hydrogen) atoms. The van der Waals surface area contributed by atoms with Crippen molar-refractivity contribution in [3.63, 3.8) is 0 Å². The molecule has 1 amide bonds. The molecule has 0 aromatic heterocycles. The zero-order chi connectivity index (χ0) is 17.1. The van der Waals surface area contributed by atoms with Gasteiger partial charge in [0.2, 0.25) is 5.91 Å². The van der Waals surface area contributed by atoms with Crippen LogP contribution in [0.2, 0.25) is 0 Å². The molecule has 5 nitrogen and oxygen atoms in total. The number of rotatable bonds is 6. The molecule has 1 fully saturated rings. The number of hydrogen-bond acceptors (Lipinski definition) is 4. The maximum Gasteiger partial charge on any atom is 0.338 e. The van der Waals surface area contributed by atoms with Crippen molar-refractivity contribution in [1.82, 2.24) is 0 Å². The molecule has 2 aromatic carbocycles. The summed E-state index contributed by atoms with van der Waals surface area (Å²) in [4.78, 5) is 23.0. The van der Waals surface area contributed by atoms with E-state index < -0.39 is 5.91 Å². The first-order valence-corrected chi connectivity index (χ1v) is 7.88. The molecule has 2 aromatic rings. The lowest BCUT2D eigenvalue weighted by molar-refractivity contribution is 0.0481. The van der Waals surface area contributed by atoms with Gasteiger partial charge in [-0.1, -0.05) is 6.92 Å². The van der Waals surface area contributed by atoms with Crippen LogP contribution in [0, 0.1) is 11.8 Å². The molecule has 0 saturated heterocycles. The van der Waals surface area contributed by atoms with Gasteiger partial charge in [0.25, 0.3) is 0 Å². The van der Waals surface area contributed by atoms with Crippen LogP contribution in [0.5, 0.6) is 11.5 Å². The Bertz CT molecular complexity index is 737. The molecule has 124 valence electrons. The van der Waals surface area contributed by atoms with Crippen LogP contribution in [-0.2, 0) is 4.74 Å². The Hall–Kier alpha value is -2.82. The molecule has 2 unspecified atom stereocenters. The van der Waals surface area contributed by atoms with Crippen LogP contribution in [0.15, 0.2) is 48.5 Å². The Kier molecular flexibility index (Phi) is 4.51. The van der Waals surface area contributed by atoms with Crippen molar-refractivity contribution in [1.29, 1.82) is 0 Å². The standard InChI is InChI=1S/C19H19NO4/c1-12-10-15(12)11-23-19(22)14-4-8-17(9-5-14)24-16-6-2-13(3-7-16)18(20)21/h2-9,12,15H,10-11H2,1H3,(H2,20,21). The van der Waals surface area contributed by atoms with Crippen molar-refractivity contribution in [2.24, 2.45) is 17.6 Å². The zero-order valence-electron chi connectivity index (χ0n) is 13.4. The number of hydrogen-bond donors (Lipinski definition) is 1. The van der Waals surface area contributed by atoms with E-state index in [2.05, 4.69) is 6.92 Å². The quantitative estimate of drug-likeness (QED) is 0.826. The fourth-order valence-corrected chi connectivity index (χ4v) is 2.38. The second-order valence-corrected chi connectivity index (χ2v) is 6.09. The van der Waals surface area contributed by atoms with E-state index >= 15 is 0 Å². The summed E-state index contributed by atoms with van der Waals surface area (Å²) in [5, 5.41) is 0. The van der Waals surface area contributed by atoms with Gasteiger partial charge in [-0.3, -0.25) is 4.79 Å². The molecule has 2 atom stereocenters. The predicted molar refractivity (Wildman–Crippen MR) is 89.0 cm³/mol. The van der Waals surface area contributed by atoms with E-state index in [0.29, 0.717) is 41.1 Å². The average molecular weight is 325 g/mol. The van der Waals surface area contributed by atoms with Gasteiger partial charge in [-0.15, -0.1) is 0 Å². The molecule has 1 saturated carbocycles. The summed E-state index contributed by atoms with van der Waals surface area (Å²) >= 11 is 0. The second-order valence-electron chi connectivity index (χ2n) is 6.09. The summed E-state index contributed by atoms with van der Waals surface area (Å²) in [5.74, 6) is 1.55. The number of nitrogens with two attached hydrogens (primary N) is 1. The van der Waals surface area contributed by atoms with Gasteiger partial charge < -0.3 is 15.2 Å². The minimum absolute atomic E-state index is 0.313. The fourth-order valence-electron chi connectivity index (χ4n) is 2.38. The van der Waals surface area contributed by atoms with Crippen LogP contribution >= 0.6 is 0 Å². The maximum atomic E-state index is 11.9. The Balaban J connectivity index is 1.57. The van der Waals surface area contributed by atoms with Crippen molar-refractivity contribution >= 4 is 11.9 Å². The first kappa shape index (κ1) is 16.1.